The second-order valence-corrected chi connectivity index (χ2v) is 6.51. The Bertz CT molecular complexity index is 1370. The number of nitrogens with zero attached hydrogens (tertiary/aromatic N) is 8. The zero-order valence-electron chi connectivity index (χ0n) is 16.2. The number of fused-ring (bicyclic) bond motifs is 1. The van der Waals surface area contributed by atoms with E-state index in [0.29, 0.717) is 44.2 Å². The molecule has 0 bridgehead atoms. The Hall–Kier alpha value is -4.17. The molecule has 0 aliphatic rings. The quantitative estimate of drug-likeness (QED) is 0.447. The fraction of sp³-hybridized carbons (Fsp3) is 0.100. The zero-order valence-corrected chi connectivity index (χ0v) is 16.2. The second kappa shape index (κ2) is 7.34. The van der Waals surface area contributed by atoms with Crippen molar-refractivity contribution < 1.29 is 0 Å². The topological polar surface area (TPSA) is 109 Å². The van der Waals surface area contributed by atoms with Crippen molar-refractivity contribution in [3.05, 3.63) is 70.7 Å². The van der Waals surface area contributed by atoms with Crippen LogP contribution < -0.4 is 10.7 Å². The molecule has 0 atom stereocenters. The highest BCUT2D eigenvalue weighted by Gasteiger charge is 2.21. The molecule has 0 unspecified atom stereocenters. The summed E-state index contributed by atoms with van der Waals surface area (Å²) in [6.07, 6.45) is 9.04. The third-order valence-electron chi connectivity index (χ3n) is 4.99. The van der Waals surface area contributed by atoms with E-state index in [2.05, 4.69) is 32.1 Å². The lowest BCUT2D eigenvalue weighted by Crippen LogP contribution is -2.23. The van der Waals surface area contributed by atoms with Gasteiger partial charge in [0, 0.05) is 46.9 Å². The van der Waals surface area contributed by atoms with Gasteiger partial charge < -0.3 is 8.96 Å². The SMILES string of the molecule is [B]n1c(C)c2/c(=C(\C#N)c3cnccn3)n([B])c(C)c2/c1=C(\C#N)c1cnccn1. The molecule has 0 saturated heterocycles. The lowest BCUT2D eigenvalue weighted by molar-refractivity contribution is 1.06. The number of hydrogen-bond donors (Lipinski definition) is 0. The van der Waals surface area contributed by atoms with Crippen LogP contribution in [0.4, 0.5) is 0 Å². The summed E-state index contributed by atoms with van der Waals surface area (Å²) in [5.74, 6) is 0. The van der Waals surface area contributed by atoms with E-state index in [1.54, 1.807) is 13.8 Å². The zero-order chi connectivity index (χ0) is 21.4. The summed E-state index contributed by atoms with van der Waals surface area (Å²) in [5.41, 5.74) is 2.54. The van der Waals surface area contributed by atoms with Crippen molar-refractivity contribution >= 4 is 37.9 Å². The van der Waals surface area contributed by atoms with Gasteiger partial charge in [-0.05, 0) is 13.8 Å². The van der Waals surface area contributed by atoms with Crippen LogP contribution in [0, 0.1) is 36.5 Å². The number of hydrogen-bond acceptors (Lipinski definition) is 6. The molecule has 0 saturated carbocycles. The van der Waals surface area contributed by atoms with Crippen LogP contribution in [0.1, 0.15) is 22.8 Å². The van der Waals surface area contributed by atoms with Gasteiger partial charge in [-0.15, -0.1) is 0 Å². The minimum atomic E-state index is 0.252. The van der Waals surface area contributed by atoms with Gasteiger partial charge in [0.25, 0.3) is 0 Å². The lowest BCUT2D eigenvalue weighted by atomic mass is 10.1. The maximum Gasteiger partial charge on any atom is 0.234 e. The molecule has 0 aliphatic heterocycles. The molecule has 0 amide bonds. The predicted molar refractivity (Wildman–Crippen MR) is 111 cm³/mol. The third kappa shape index (κ3) is 2.70. The van der Waals surface area contributed by atoms with E-state index in [9.17, 15) is 10.5 Å². The van der Waals surface area contributed by atoms with E-state index in [1.807, 2.05) is 0 Å². The van der Waals surface area contributed by atoms with Gasteiger partial charge in [-0.25, -0.2) is 0 Å². The van der Waals surface area contributed by atoms with Crippen LogP contribution in [0.15, 0.2) is 37.2 Å². The van der Waals surface area contributed by atoms with Crippen LogP contribution in [0.2, 0.25) is 0 Å². The molecule has 4 rings (SSSR count). The molecule has 0 N–H and O–H groups in total. The first-order valence-electron chi connectivity index (χ1n) is 8.85. The summed E-state index contributed by atoms with van der Waals surface area (Å²) in [4.78, 5) is 16.6. The summed E-state index contributed by atoms with van der Waals surface area (Å²) in [6.45, 7) is 3.60. The molecule has 8 nitrogen and oxygen atoms in total. The minimum Gasteiger partial charge on any atom is -0.399 e. The maximum absolute atomic E-state index is 9.89. The average Bonchev–Trinajstić information content (AvgIpc) is 3.18. The molecular weight excluding hydrogens is 374 g/mol. The van der Waals surface area contributed by atoms with Gasteiger partial charge in [-0.1, -0.05) is 0 Å². The Morgan fingerprint density at radius 3 is 1.47 bits per heavy atom. The molecule has 10 heteroatoms. The molecule has 138 valence electrons. The summed E-state index contributed by atoms with van der Waals surface area (Å²) in [5, 5.41) is 22.0. The maximum atomic E-state index is 9.89. The van der Waals surface area contributed by atoms with Crippen LogP contribution in [0.3, 0.4) is 0 Å². The second-order valence-electron chi connectivity index (χ2n) is 6.51. The van der Waals surface area contributed by atoms with Gasteiger partial charge in [0.1, 0.15) is 34.7 Å². The molecule has 30 heavy (non-hydrogen) atoms. The van der Waals surface area contributed by atoms with Crippen molar-refractivity contribution in [3.63, 3.8) is 0 Å². The Morgan fingerprint density at radius 2 is 1.17 bits per heavy atom. The summed E-state index contributed by atoms with van der Waals surface area (Å²) in [6, 6.07) is 4.36. The van der Waals surface area contributed by atoms with E-state index >= 15 is 0 Å². The fourth-order valence-corrected chi connectivity index (χ4v) is 3.57. The monoisotopic (exact) mass is 386 g/mol. The third-order valence-corrected chi connectivity index (χ3v) is 4.99. The van der Waals surface area contributed by atoms with Gasteiger partial charge in [-0.3, -0.25) is 19.9 Å². The standard InChI is InChI=1S/C20H12B2N8/c1-11-17-18(20(29(11)21)14(8-24)16-10-26-4-6-28-16)12(2)30(22)19(17)13(7-23)15-9-25-3-5-27-15/h3-6,9-10H,1-2H3/b19-13-,20-14-. The Kier molecular flexibility index (Phi) is 4.69. The lowest BCUT2D eigenvalue weighted by Gasteiger charge is -2.06. The van der Waals surface area contributed by atoms with Crippen molar-refractivity contribution in [2.75, 3.05) is 0 Å². The van der Waals surface area contributed by atoms with E-state index in [-0.39, 0.29) is 11.1 Å². The first kappa shape index (κ1) is 19.2. The van der Waals surface area contributed by atoms with Gasteiger partial charge in [-0.2, -0.15) is 10.5 Å². The molecule has 0 fully saturated rings. The van der Waals surface area contributed by atoms with Crippen molar-refractivity contribution in [2.24, 2.45) is 0 Å². The smallest absolute Gasteiger partial charge is 0.234 e. The van der Waals surface area contributed by atoms with E-state index in [0.717, 1.165) is 0 Å². The molecule has 4 heterocycles. The van der Waals surface area contributed by atoms with Gasteiger partial charge >= 0.3 is 0 Å². The predicted octanol–water partition coefficient (Wildman–Crippen LogP) is -0.0520. The number of aromatic nitrogens is 6. The van der Waals surface area contributed by atoms with Gasteiger partial charge in [0.2, 0.25) is 16.0 Å². The Morgan fingerprint density at radius 1 is 0.767 bits per heavy atom. The normalized spacial score (nSPS) is 12.9. The van der Waals surface area contributed by atoms with E-state index in [1.165, 1.54) is 46.1 Å². The first-order chi connectivity index (χ1) is 14.5. The van der Waals surface area contributed by atoms with E-state index < -0.39 is 0 Å². The molecule has 4 aromatic heterocycles. The Labute approximate surface area is 174 Å². The number of nitriles is 2. The fourth-order valence-electron chi connectivity index (χ4n) is 3.57. The summed E-state index contributed by atoms with van der Waals surface area (Å²) < 4.78 is 2.83. The highest BCUT2D eigenvalue weighted by molar-refractivity contribution is 6.14. The van der Waals surface area contributed by atoms with Crippen LogP contribution in [-0.4, -0.2) is 44.9 Å². The highest BCUT2D eigenvalue weighted by Crippen LogP contribution is 2.21. The van der Waals surface area contributed by atoms with Crippen molar-refractivity contribution in [1.29, 1.82) is 10.5 Å². The molecule has 4 radical (unpaired) electrons. The van der Waals surface area contributed by atoms with Crippen LogP contribution in [-0.2, 0) is 0 Å². The van der Waals surface area contributed by atoms with Crippen LogP contribution in [0.5, 0.6) is 0 Å². The molecule has 0 spiro atoms. The summed E-state index contributed by atoms with van der Waals surface area (Å²) in [7, 11) is 12.7. The van der Waals surface area contributed by atoms with Crippen molar-refractivity contribution in [2.45, 2.75) is 13.8 Å². The van der Waals surface area contributed by atoms with Gasteiger partial charge in [0.05, 0.1) is 23.1 Å². The number of aryl methyl sites for hydroxylation is 2. The van der Waals surface area contributed by atoms with Crippen molar-refractivity contribution in [1.82, 2.24) is 28.9 Å². The summed E-state index contributed by atoms with van der Waals surface area (Å²) >= 11 is 0. The minimum absolute atomic E-state index is 0.252. The largest absolute Gasteiger partial charge is 0.399 e. The average molecular weight is 386 g/mol. The van der Waals surface area contributed by atoms with Crippen molar-refractivity contribution in [3.8, 4) is 12.1 Å². The first-order valence-corrected chi connectivity index (χ1v) is 8.85. The highest BCUT2D eigenvalue weighted by atomic mass is 14.9. The Balaban J connectivity index is 2.30. The molecule has 4 aromatic rings. The molecule has 0 aromatic carbocycles. The van der Waals surface area contributed by atoms with Crippen LogP contribution in [0.25, 0.3) is 21.9 Å². The van der Waals surface area contributed by atoms with E-state index in [4.69, 9.17) is 16.0 Å². The van der Waals surface area contributed by atoms with Gasteiger partial charge in [0.15, 0.2) is 0 Å². The molecule has 0 aliphatic carbocycles. The van der Waals surface area contributed by atoms with Crippen LogP contribution >= 0.6 is 0 Å². The number of rotatable bonds is 2. The molecular formula is C20H12B2N8.